The highest BCUT2D eigenvalue weighted by Crippen LogP contribution is 2.44. The first-order chi connectivity index (χ1) is 8.99. The molecule has 4 nitrogen and oxygen atoms in total. The van der Waals surface area contributed by atoms with E-state index >= 15 is 0 Å². The second-order valence-electron chi connectivity index (χ2n) is 4.70. The average molecular weight is 284 g/mol. The van der Waals surface area contributed by atoms with Gasteiger partial charge in [-0.2, -0.15) is 0 Å². The lowest BCUT2D eigenvalue weighted by Crippen LogP contribution is -1.97. The Labute approximate surface area is 114 Å². The summed E-state index contributed by atoms with van der Waals surface area (Å²) in [6, 6.07) is 9.65. The number of carbonyl (C=O) groups is 1. The SMILES string of the molecule is CP(=O)(CCCCCC(=O)O)OCc1ccccc1. The largest absolute Gasteiger partial charge is 0.481 e. The first-order valence-electron chi connectivity index (χ1n) is 6.46. The molecule has 1 aromatic rings. The van der Waals surface area contributed by atoms with Crippen molar-refractivity contribution in [2.24, 2.45) is 0 Å². The summed E-state index contributed by atoms with van der Waals surface area (Å²) in [5, 5.41) is 8.50. The van der Waals surface area contributed by atoms with Gasteiger partial charge >= 0.3 is 5.97 Å². The zero-order chi connectivity index (χ0) is 14.1. The van der Waals surface area contributed by atoms with Crippen LogP contribution >= 0.6 is 7.37 Å². The topological polar surface area (TPSA) is 63.6 Å². The molecule has 1 atom stereocenters. The van der Waals surface area contributed by atoms with Crippen molar-refractivity contribution in [1.82, 2.24) is 0 Å². The van der Waals surface area contributed by atoms with Gasteiger partial charge in [-0.05, 0) is 18.4 Å². The number of rotatable bonds is 9. The fourth-order valence-electron chi connectivity index (χ4n) is 1.70. The van der Waals surface area contributed by atoms with E-state index in [0.29, 0.717) is 19.2 Å². The lowest BCUT2D eigenvalue weighted by atomic mass is 10.2. The van der Waals surface area contributed by atoms with Gasteiger partial charge in [-0.15, -0.1) is 0 Å². The number of benzene rings is 1. The Morgan fingerprint density at radius 3 is 2.53 bits per heavy atom. The zero-order valence-corrected chi connectivity index (χ0v) is 12.1. The summed E-state index contributed by atoms with van der Waals surface area (Å²) in [6.07, 6.45) is 2.85. The van der Waals surface area contributed by atoms with Gasteiger partial charge < -0.3 is 9.63 Å². The number of carboxylic acid groups (broad SMARTS) is 1. The molecule has 0 saturated carbocycles. The summed E-state index contributed by atoms with van der Waals surface area (Å²) in [6.45, 7) is 2.01. The Balaban J connectivity index is 2.21. The monoisotopic (exact) mass is 284 g/mol. The summed E-state index contributed by atoms with van der Waals surface area (Å²) in [5.41, 5.74) is 1.01. The van der Waals surface area contributed by atoms with E-state index in [1.807, 2.05) is 30.3 Å². The number of carboxylic acids is 1. The van der Waals surface area contributed by atoms with Crippen molar-refractivity contribution in [3.63, 3.8) is 0 Å². The standard InChI is InChI=1S/C14H21O4P/c1-19(17,11-7-3-6-10-14(15)16)18-12-13-8-4-2-5-9-13/h2,4-5,8-9H,3,6-7,10-12H2,1H3,(H,15,16). The van der Waals surface area contributed by atoms with Crippen molar-refractivity contribution in [3.05, 3.63) is 35.9 Å². The van der Waals surface area contributed by atoms with Gasteiger partial charge in [-0.25, -0.2) is 0 Å². The van der Waals surface area contributed by atoms with Crippen molar-refractivity contribution in [2.75, 3.05) is 12.8 Å². The molecule has 1 N–H and O–H groups in total. The van der Waals surface area contributed by atoms with Gasteiger partial charge in [-0.3, -0.25) is 9.36 Å². The molecule has 0 aliphatic heterocycles. The molecule has 0 fully saturated rings. The molecule has 5 heteroatoms. The van der Waals surface area contributed by atoms with Crippen LogP contribution in [0, 0.1) is 0 Å². The molecule has 0 bridgehead atoms. The average Bonchev–Trinajstić information content (AvgIpc) is 2.37. The van der Waals surface area contributed by atoms with E-state index in [-0.39, 0.29) is 6.42 Å². The van der Waals surface area contributed by atoms with E-state index in [2.05, 4.69) is 0 Å². The molecule has 0 amide bonds. The van der Waals surface area contributed by atoms with Crippen molar-refractivity contribution in [2.45, 2.75) is 32.3 Å². The predicted molar refractivity (Wildman–Crippen MR) is 75.7 cm³/mol. The molecule has 1 rings (SSSR count). The smallest absolute Gasteiger partial charge is 0.303 e. The van der Waals surface area contributed by atoms with Crippen LogP contribution in [0.25, 0.3) is 0 Å². The quantitative estimate of drug-likeness (QED) is 0.554. The normalized spacial score (nSPS) is 13.9. The summed E-state index contributed by atoms with van der Waals surface area (Å²) >= 11 is 0. The van der Waals surface area contributed by atoms with E-state index in [1.54, 1.807) is 6.66 Å². The molecule has 1 aromatic carbocycles. The number of unbranched alkanes of at least 4 members (excludes halogenated alkanes) is 2. The van der Waals surface area contributed by atoms with E-state index in [4.69, 9.17) is 9.63 Å². The summed E-state index contributed by atoms with van der Waals surface area (Å²) in [7, 11) is -2.57. The molecule has 19 heavy (non-hydrogen) atoms. The highest BCUT2D eigenvalue weighted by molar-refractivity contribution is 7.58. The van der Waals surface area contributed by atoms with Crippen LogP contribution in [-0.4, -0.2) is 23.9 Å². The van der Waals surface area contributed by atoms with E-state index in [0.717, 1.165) is 18.4 Å². The maximum atomic E-state index is 12.1. The minimum Gasteiger partial charge on any atom is -0.481 e. The van der Waals surface area contributed by atoms with Crippen LogP contribution in [-0.2, 0) is 20.5 Å². The Kier molecular flexibility index (Phi) is 6.82. The molecule has 0 aliphatic carbocycles. The van der Waals surface area contributed by atoms with Gasteiger partial charge in [0, 0.05) is 19.2 Å². The summed E-state index contributed by atoms with van der Waals surface area (Å²) < 4.78 is 17.6. The molecule has 0 aliphatic rings. The van der Waals surface area contributed by atoms with Gasteiger partial charge in [0.05, 0.1) is 6.61 Å². The molecular weight excluding hydrogens is 263 g/mol. The van der Waals surface area contributed by atoms with Crippen molar-refractivity contribution in [1.29, 1.82) is 0 Å². The van der Waals surface area contributed by atoms with Crippen molar-refractivity contribution in [3.8, 4) is 0 Å². The van der Waals surface area contributed by atoms with Gasteiger partial charge in [0.25, 0.3) is 0 Å². The lowest BCUT2D eigenvalue weighted by molar-refractivity contribution is -0.137. The van der Waals surface area contributed by atoms with Gasteiger partial charge in [0.15, 0.2) is 0 Å². The van der Waals surface area contributed by atoms with E-state index in [1.165, 1.54) is 0 Å². The van der Waals surface area contributed by atoms with Gasteiger partial charge in [-0.1, -0.05) is 36.8 Å². The minimum absolute atomic E-state index is 0.179. The third kappa shape index (κ3) is 7.81. The highest BCUT2D eigenvalue weighted by Gasteiger charge is 2.15. The molecule has 106 valence electrons. The van der Waals surface area contributed by atoms with Gasteiger partial charge in [0.1, 0.15) is 0 Å². The maximum absolute atomic E-state index is 12.1. The van der Waals surface area contributed by atoms with Crippen LogP contribution in [0.3, 0.4) is 0 Å². The van der Waals surface area contributed by atoms with Crippen LogP contribution in [0.15, 0.2) is 30.3 Å². The molecule has 0 spiro atoms. The first kappa shape index (κ1) is 15.9. The second kappa shape index (κ2) is 8.13. The Bertz CT molecular complexity index is 430. The summed E-state index contributed by atoms with van der Waals surface area (Å²) in [4.78, 5) is 10.3. The number of aliphatic carboxylic acids is 1. The van der Waals surface area contributed by atoms with Crippen LogP contribution in [0.5, 0.6) is 0 Å². The molecule has 0 heterocycles. The Hall–Kier alpha value is -1.12. The number of hydrogen-bond donors (Lipinski definition) is 1. The fraction of sp³-hybridized carbons (Fsp3) is 0.500. The molecular formula is C14H21O4P. The number of hydrogen-bond acceptors (Lipinski definition) is 3. The molecule has 0 saturated heterocycles. The lowest BCUT2D eigenvalue weighted by Gasteiger charge is -2.13. The fourth-order valence-corrected chi connectivity index (χ4v) is 3.05. The van der Waals surface area contributed by atoms with Gasteiger partial charge in [0.2, 0.25) is 7.37 Å². The highest BCUT2D eigenvalue weighted by atomic mass is 31.2. The van der Waals surface area contributed by atoms with Crippen LogP contribution < -0.4 is 0 Å². The zero-order valence-electron chi connectivity index (χ0n) is 11.2. The Morgan fingerprint density at radius 2 is 1.89 bits per heavy atom. The molecule has 0 radical (unpaired) electrons. The van der Waals surface area contributed by atoms with Crippen molar-refractivity contribution >= 4 is 13.3 Å². The minimum atomic E-state index is -2.57. The van der Waals surface area contributed by atoms with Crippen LogP contribution in [0.4, 0.5) is 0 Å². The van der Waals surface area contributed by atoms with Crippen molar-refractivity contribution < 1.29 is 19.0 Å². The summed E-state index contributed by atoms with van der Waals surface area (Å²) in [5.74, 6) is -0.778. The predicted octanol–water partition coefficient (Wildman–Crippen LogP) is 3.76. The molecule has 0 aromatic heterocycles. The third-order valence-corrected chi connectivity index (χ3v) is 4.61. The van der Waals surface area contributed by atoms with Crippen LogP contribution in [0.1, 0.15) is 31.2 Å². The first-order valence-corrected chi connectivity index (χ1v) is 8.72. The maximum Gasteiger partial charge on any atom is 0.303 e. The second-order valence-corrected chi connectivity index (χ2v) is 7.43. The van der Waals surface area contributed by atoms with Crippen LogP contribution in [0.2, 0.25) is 0 Å². The van der Waals surface area contributed by atoms with E-state index in [9.17, 15) is 9.36 Å². The Morgan fingerprint density at radius 1 is 1.21 bits per heavy atom. The molecule has 1 unspecified atom stereocenters. The third-order valence-electron chi connectivity index (χ3n) is 2.80. The van der Waals surface area contributed by atoms with E-state index < -0.39 is 13.3 Å².